The molecular formula is C7H8F3S+. The SMILES string of the molecule is FC(F)(F)c1ccccc1.[SH3+]. The number of halogens is 3. The van der Waals surface area contributed by atoms with Crippen LogP contribution < -0.4 is 0 Å². The predicted octanol–water partition coefficient (Wildman–Crippen LogP) is 1.90. The van der Waals surface area contributed by atoms with E-state index in [1.807, 2.05) is 0 Å². The Morgan fingerprint density at radius 1 is 0.909 bits per heavy atom. The third-order valence-electron chi connectivity index (χ3n) is 1.10. The van der Waals surface area contributed by atoms with E-state index in [0.29, 0.717) is 0 Å². The molecule has 0 aromatic heterocycles. The normalized spacial score (nSPS) is 10.5. The lowest BCUT2D eigenvalue weighted by Crippen LogP contribution is -2.03. The Labute approximate surface area is 69.5 Å². The summed E-state index contributed by atoms with van der Waals surface area (Å²) >= 11 is 0. The van der Waals surface area contributed by atoms with Crippen LogP contribution in [0.3, 0.4) is 0 Å². The Hall–Kier alpha value is -0.640. The number of benzene rings is 1. The zero-order valence-corrected chi connectivity index (χ0v) is 6.75. The maximum atomic E-state index is 11.8. The molecule has 0 atom stereocenters. The van der Waals surface area contributed by atoms with Crippen molar-refractivity contribution in [2.24, 2.45) is 0 Å². The zero-order chi connectivity index (χ0) is 7.61. The first kappa shape index (κ1) is 10.4. The van der Waals surface area contributed by atoms with Gasteiger partial charge in [0.05, 0.1) is 5.56 Å². The molecule has 0 saturated heterocycles. The quantitative estimate of drug-likeness (QED) is 0.536. The lowest BCUT2D eigenvalue weighted by molar-refractivity contribution is -0.137. The number of hydrogen-bond donors (Lipinski definition) is 0. The van der Waals surface area contributed by atoms with E-state index in [-0.39, 0.29) is 13.5 Å². The molecule has 1 rings (SSSR count). The average molecular weight is 181 g/mol. The zero-order valence-electron chi connectivity index (χ0n) is 5.60. The molecule has 0 spiro atoms. The molecule has 0 fully saturated rings. The van der Waals surface area contributed by atoms with Crippen LogP contribution in [0.4, 0.5) is 13.2 Å². The second-order valence-electron chi connectivity index (χ2n) is 1.86. The Morgan fingerprint density at radius 2 is 1.36 bits per heavy atom. The van der Waals surface area contributed by atoms with Crippen molar-refractivity contribution in [1.29, 1.82) is 0 Å². The molecule has 62 valence electrons. The third-order valence-corrected chi connectivity index (χ3v) is 1.10. The summed E-state index contributed by atoms with van der Waals surface area (Å²) in [6.45, 7) is 0. The average Bonchev–Trinajstić information content (AvgIpc) is 1.88. The van der Waals surface area contributed by atoms with Crippen LogP contribution in [0.5, 0.6) is 0 Å². The van der Waals surface area contributed by atoms with Crippen molar-refractivity contribution in [3.8, 4) is 0 Å². The molecule has 1 aromatic rings. The van der Waals surface area contributed by atoms with Gasteiger partial charge in [0.2, 0.25) is 0 Å². The fourth-order valence-electron chi connectivity index (χ4n) is 0.627. The van der Waals surface area contributed by atoms with Crippen LogP contribution in [0.25, 0.3) is 0 Å². The van der Waals surface area contributed by atoms with E-state index >= 15 is 0 Å². The molecule has 4 heteroatoms. The van der Waals surface area contributed by atoms with Crippen molar-refractivity contribution in [2.45, 2.75) is 6.18 Å². The molecule has 0 amide bonds. The van der Waals surface area contributed by atoms with E-state index in [4.69, 9.17) is 0 Å². The van der Waals surface area contributed by atoms with Crippen LogP contribution >= 0.6 is 0 Å². The first-order valence-corrected chi connectivity index (χ1v) is 2.73. The molecular weight excluding hydrogens is 173 g/mol. The van der Waals surface area contributed by atoms with Gasteiger partial charge in [-0.05, 0) is 0 Å². The van der Waals surface area contributed by atoms with Gasteiger partial charge in [0.1, 0.15) is 0 Å². The summed E-state index contributed by atoms with van der Waals surface area (Å²) in [6, 6.07) is 6.36. The molecule has 0 saturated carbocycles. The van der Waals surface area contributed by atoms with Crippen molar-refractivity contribution in [2.75, 3.05) is 0 Å². The Balaban J connectivity index is 0.000001000. The van der Waals surface area contributed by atoms with E-state index in [2.05, 4.69) is 0 Å². The van der Waals surface area contributed by atoms with Crippen molar-refractivity contribution >= 4 is 13.5 Å². The first-order valence-electron chi connectivity index (χ1n) is 2.73. The van der Waals surface area contributed by atoms with Gasteiger partial charge in [-0.3, -0.25) is 0 Å². The van der Waals surface area contributed by atoms with E-state index in [9.17, 15) is 13.2 Å². The summed E-state index contributed by atoms with van der Waals surface area (Å²) in [5.74, 6) is 0. The number of rotatable bonds is 0. The summed E-state index contributed by atoms with van der Waals surface area (Å²) in [5, 5.41) is 0. The van der Waals surface area contributed by atoms with Crippen LogP contribution in [0, 0.1) is 0 Å². The molecule has 11 heavy (non-hydrogen) atoms. The highest BCUT2D eigenvalue weighted by Gasteiger charge is 2.29. The van der Waals surface area contributed by atoms with Crippen molar-refractivity contribution < 1.29 is 13.2 Å². The molecule has 0 unspecified atom stereocenters. The summed E-state index contributed by atoms with van der Waals surface area (Å²) in [6.07, 6.45) is -4.21. The third kappa shape index (κ3) is 2.84. The van der Waals surface area contributed by atoms with Gasteiger partial charge >= 0.3 is 6.18 Å². The summed E-state index contributed by atoms with van der Waals surface area (Å²) in [4.78, 5) is 0. The molecule has 0 N–H and O–H groups in total. The summed E-state index contributed by atoms with van der Waals surface area (Å²) in [7, 11) is 0. The minimum Gasteiger partial charge on any atom is -0.166 e. The van der Waals surface area contributed by atoms with Crippen LogP contribution in [-0.4, -0.2) is 0 Å². The van der Waals surface area contributed by atoms with Gasteiger partial charge in [-0.25, -0.2) is 0 Å². The summed E-state index contributed by atoms with van der Waals surface area (Å²) in [5.41, 5.74) is -0.602. The van der Waals surface area contributed by atoms with Crippen LogP contribution in [0.2, 0.25) is 0 Å². The second kappa shape index (κ2) is 3.67. The standard InChI is InChI=1S/C7H5F3.H2S/c8-7(9,10)6-4-2-1-3-5-6;/h1-5H;1H2/p+1. The lowest BCUT2D eigenvalue weighted by Gasteiger charge is -2.03. The molecule has 0 aliphatic carbocycles. The van der Waals surface area contributed by atoms with Gasteiger partial charge < -0.3 is 0 Å². The van der Waals surface area contributed by atoms with Crippen molar-refractivity contribution in [1.82, 2.24) is 0 Å². The maximum Gasteiger partial charge on any atom is 0.416 e. The van der Waals surface area contributed by atoms with Gasteiger partial charge in [-0.15, -0.1) is 0 Å². The summed E-state index contributed by atoms with van der Waals surface area (Å²) < 4.78 is 35.4. The lowest BCUT2D eigenvalue weighted by atomic mass is 10.2. The maximum absolute atomic E-state index is 11.8. The number of hydrogen-bond acceptors (Lipinski definition) is 0. The molecule has 0 aliphatic heterocycles. The Morgan fingerprint density at radius 3 is 1.64 bits per heavy atom. The molecule has 0 radical (unpaired) electrons. The van der Waals surface area contributed by atoms with Crippen molar-refractivity contribution in [3.05, 3.63) is 35.9 Å². The van der Waals surface area contributed by atoms with Gasteiger partial charge in [0, 0.05) is 0 Å². The fourth-order valence-corrected chi connectivity index (χ4v) is 0.627. The van der Waals surface area contributed by atoms with Gasteiger partial charge in [-0.1, -0.05) is 43.8 Å². The van der Waals surface area contributed by atoms with E-state index < -0.39 is 11.7 Å². The minimum atomic E-state index is -4.21. The molecule has 0 nitrogen and oxygen atoms in total. The Bertz CT molecular complexity index is 205. The van der Waals surface area contributed by atoms with Crippen LogP contribution in [0.1, 0.15) is 5.56 Å². The smallest absolute Gasteiger partial charge is 0.166 e. The van der Waals surface area contributed by atoms with Gasteiger partial charge in [0.15, 0.2) is 0 Å². The van der Waals surface area contributed by atoms with Gasteiger partial charge in [-0.2, -0.15) is 13.2 Å². The predicted molar refractivity (Wildman–Crippen MR) is 43.0 cm³/mol. The van der Waals surface area contributed by atoms with Crippen LogP contribution in [-0.2, 0) is 19.7 Å². The molecule has 0 heterocycles. The van der Waals surface area contributed by atoms with Crippen LogP contribution in [0.15, 0.2) is 30.3 Å². The monoisotopic (exact) mass is 181 g/mol. The molecule has 0 bridgehead atoms. The minimum absolute atomic E-state index is 0. The van der Waals surface area contributed by atoms with E-state index in [0.717, 1.165) is 12.1 Å². The second-order valence-corrected chi connectivity index (χ2v) is 1.86. The largest absolute Gasteiger partial charge is 0.416 e. The first-order chi connectivity index (χ1) is 4.61. The topological polar surface area (TPSA) is 0 Å². The van der Waals surface area contributed by atoms with Gasteiger partial charge in [0.25, 0.3) is 0 Å². The number of alkyl halides is 3. The van der Waals surface area contributed by atoms with Crippen molar-refractivity contribution in [3.63, 3.8) is 0 Å². The highest BCUT2D eigenvalue weighted by molar-refractivity contribution is 7.37. The highest BCUT2D eigenvalue weighted by atomic mass is 32.1. The molecule has 0 aliphatic rings. The highest BCUT2D eigenvalue weighted by Crippen LogP contribution is 2.28. The molecule has 1 aromatic carbocycles. The van der Waals surface area contributed by atoms with E-state index in [1.165, 1.54) is 12.1 Å². The Kier molecular flexibility index (Phi) is 3.45. The fraction of sp³-hybridized carbons (Fsp3) is 0.143. The van der Waals surface area contributed by atoms with E-state index in [1.54, 1.807) is 6.07 Å².